The highest BCUT2D eigenvalue weighted by Gasteiger charge is 2.33. The second kappa shape index (κ2) is 9.31. The number of hydrogen-bond donors (Lipinski definition) is 1. The number of benzene rings is 2. The van der Waals surface area contributed by atoms with Crippen molar-refractivity contribution < 1.29 is 19.0 Å². The number of amides is 1. The number of ether oxygens (including phenoxy) is 3. The van der Waals surface area contributed by atoms with Gasteiger partial charge in [0, 0.05) is 17.9 Å². The summed E-state index contributed by atoms with van der Waals surface area (Å²) in [6.45, 7) is 4.64. The van der Waals surface area contributed by atoms with Gasteiger partial charge in [0.25, 0.3) is 0 Å². The van der Waals surface area contributed by atoms with Gasteiger partial charge in [0.2, 0.25) is 11.0 Å². The summed E-state index contributed by atoms with van der Waals surface area (Å²) in [6, 6.07) is 11.5. The average molecular weight is 489 g/mol. The first-order valence-electron chi connectivity index (χ1n) is 11.2. The molecule has 0 bridgehead atoms. The van der Waals surface area contributed by atoms with E-state index in [1.165, 1.54) is 11.3 Å². The van der Waals surface area contributed by atoms with Gasteiger partial charge in [-0.25, -0.2) is 4.98 Å². The summed E-state index contributed by atoms with van der Waals surface area (Å²) in [4.78, 5) is 17.5. The molecule has 178 valence electrons. The molecule has 0 saturated heterocycles. The molecule has 1 unspecified atom stereocenters. The molecule has 2 aromatic carbocycles. The van der Waals surface area contributed by atoms with Gasteiger partial charge in [-0.2, -0.15) is 9.78 Å². The Morgan fingerprint density at radius 3 is 2.86 bits per heavy atom. The van der Waals surface area contributed by atoms with E-state index in [1.54, 1.807) is 11.8 Å². The number of anilines is 1. The molecule has 35 heavy (non-hydrogen) atoms. The highest BCUT2D eigenvalue weighted by molar-refractivity contribution is 7.20. The molecule has 9 heteroatoms. The van der Waals surface area contributed by atoms with Gasteiger partial charge in [-0.1, -0.05) is 23.3 Å². The Labute approximate surface area is 206 Å². The highest BCUT2D eigenvalue weighted by atomic mass is 32.1. The number of fused-ring (bicyclic) bond motifs is 2. The van der Waals surface area contributed by atoms with E-state index in [-0.39, 0.29) is 18.4 Å². The van der Waals surface area contributed by atoms with Crippen molar-refractivity contribution in [1.82, 2.24) is 14.8 Å². The van der Waals surface area contributed by atoms with Crippen molar-refractivity contribution in [3.8, 4) is 34.7 Å². The summed E-state index contributed by atoms with van der Waals surface area (Å²) in [5, 5.41) is 8.46. The molecule has 1 atom stereocenters. The van der Waals surface area contributed by atoms with Gasteiger partial charge in [0.05, 0.1) is 29.6 Å². The van der Waals surface area contributed by atoms with E-state index in [0.717, 1.165) is 32.8 Å². The number of hydrogen-bond acceptors (Lipinski definition) is 7. The Balaban J connectivity index is 1.57. The summed E-state index contributed by atoms with van der Waals surface area (Å²) in [6.07, 6.45) is 5.61. The second-order valence-corrected chi connectivity index (χ2v) is 9.04. The van der Waals surface area contributed by atoms with Crippen molar-refractivity contribution in [2.24, 2.45) is 0 Å². The fourth-order valence-electron chi connectivity index (χ4n) is 4.35. The number of rotatable bonds is 7. The van der Waals surface area contributed by atoms with Crippen LogP contribution >= 0.6 is 11.3 Å². The number of aryl methyl sites for hydroxylation is 1. The Kier molecular flexibility index (Phi) is 6.05. The number of terminal acetylenes is 1. The van der Waals surface area contributed by atoms with Gasteiger partial charge in [-0.05, 0) is 49.7 Å². The molecule has 4 aromatic rings. The standard InChI is InChI=1S/C26H24N4O4S/c1-5-11-34-20-10-7-16(12-21(20)32-4)18-14-23(31)28-25-24(18)15(3)29-30(25)26-27-19-9-8-17(33-6-2)13-22(19)35-26/h1,7-10,12-13,18H,6,11,14H2,2-4H3,(H,28,31). The average Bonchev–Trinajstić information content (AvgIpc) is 3.42. The van der Waals surface area contributed by atoms with Gasteiger partial charge in [-0.15, -0.1) is 6.42 Å². The fraction of sp³-hybridized carbons (Fsp3) is 0.269. The summed E-state index contributed by atoms with van der Waals surface area (Å²) in [5.41, 5.74) is 3.56. The molecule has 1 aliphatic heterocycles. The zero-order valence-electron chi connectivity index (χ0n) is 19.6. The first-order valence-corrected chi connectivity index (χ1v) is 12.0. The van der Waals surface area contributed by atoms with Crippen molar-refractivity contribution in [1.29, 1.82) is 0 Å². The molecule has 3 heterocycles. The molecule has 0 fully saturated rings. The number of nitrogens with one attached hydrogen (secondary N) is 1. The third-order valence-electron chi connectivity index (χ3n) is 5.84. The van der Waals surface area contributed by atoms with Crippen molar-refractivity contribution in [3.05, 3.63) is 53.2 Å². The molecule has 2 aromatic heterocycles. The predicted octanol–water partition coefficient (Wildman–Crippen LogP) is 4.68. The lowest BCUT2D eigenvalue weighted by atomic mass is 9.85. The van der Waals surface area contributed by atoms with E-state index >= 15 is 0 Å². The molecule has 0 saturated carbocycles. The van der Waals surface area contributed by atoms with Gasteiger partial charge < -0.3 is 19.5 Å². The second-order valence-electron chi connectivity index (χ2n) is 8.03. The van der Waals surface area contributed by atoms with E-state index < -0.39 is 0 Å². The van der Waals surface area contributed by atoms with E-state index in [4.69, 9.17) is 30.7 Å². The first-order chi connectivity index (χ1) is 17.0. The van der Waals surface area contributed by atoms with Crippen molar-refractivity contribution in [3.63, 3.8) is 0 Å². The molecule has 1 N–H and O–H groups in total. The van der Waals surface area contributed by atoms with Crippen LogP contribution in [0.5, 0.6) is 17.2 Å². The normalized spacial score (nSPS) is 14.8. The minimum Gasteiger partial charge on any atom is -0.494 e. The van der Waals surface area contributed by atoms with E-state index in [0.29, 0.717) is 35.5 Å². The van der Waals surface area contributed by atoms with E-state index in [1.807, 2.05) is 50.2 Å². The maximum atomic E-state index is 12.8. The van der Waals surface area contributed by atoms with Crippen LogP contribution in [-0.4, -0.2) is 41.0 Å². The fourth-order valence-corrected chi connectivity index (χ4v) is 5.30. The van der Waals surface area contributed by atoms with Gasteiger partial charge in [-0.3, -0.25) is 4.79 Å². The van der Waals surface area contributed by atoms with Gasteiger partial charge in [0.15, 0.2) is 11.5 Å². The lowest BCUT2D eigenvalue weighted by molar-refractivity contribution is -0.116. The third-order valence-corrected chi connectivity index (χ3v) is 6.84. The van der Waals surface area contributed by atoms with Crippen molar-refractivity contribution >= 4 is 33.3 Å². The molecular weight excluding hydrogens is 464 g/mol. The maximum Gasteiger partial charge on any atom is 0.226 e. The molecule has 0 spiro atoms. The Morgan fingerprint density at radius 1 is 1.23 bits per heavy atom. The van der Waals surface area contributed by atoms with Gasteiger partial charge >= 0.3 is 0 Å². The van der Waals surface area contributed by atoms with Crippen LogP contribution in [0.4, 0.5) is 5.82 Å². The Hall–Kier alpha value is -4.03. The minimum absolute atomic E-state index is 0.0879. The molecule has 1 aliphatic rings. The first kappa shape index (κ1) is 22.7. The predicted molar refractivity (Wildman–Crippen MR) is 135 cm³/mol. The van der Waals surface area contributed by atoms with Crippen molar-refractivity contribution in [2.75, 3.05) is 25.6 Å². The molecular formula is C26H24N4O4S. The van der Waals surface area contributed by atoms with E-state index in [9.17, 15) is 4.79 Å². The summed E-state index contributed by atoms with van der Waals surface area (Å²) < 4.78 is 19.4. The minimum atomic E-state index is -0.193. The van der Waals surface area contributed by atoms with Crippen LogP contribution in [0.15, 0.2) is 36.4 Å². The van der Waals surface area contributed by atoms with Crippen LogP contribution in [-0.2, 0) is 4.79 Å². The number of thiazole rings is 1. The Morgan fingerprint density at radius 2 is 2.09 bits per heavy atom. The number of carbonyl (C=O) groups is 1. The molecule has 1 amide bonds. The van der Waals surface area contributed by atoms with Crippen LogP contribution in [0.1, 0.15) is 36.1 Å². The molecule has 0 radical (unpaired) electrons. The molecule has 8 nitrogen and oxygen atoms in total. The quantitative estimate of drug-likeness (QED) is 0.380. The number of aromatic nitrogens is 3. The van der Waals surface area contributed by atoms with Gasteiger partial charge in [0.1, 0.15) is 18.2 Å². The zero-order valence-corrected chi connectivity index (χ0v) is 20.4. The number of nitrogens with zero attached hydrogens (tertiary/aromatic N) is 3. The maximum absolute atomic E-state index is 12.8. The lowest BCUT2D eigenvalue weighted by Gasteiger charge is -2.24. The van der Waals surface area contributed by atoms with Crippen LogP contribution in [0.3, 0.4) is 0 Å². The zero-order chi connectivity index (χ0) is 24.5. The summed E-state index contributed by atoms with van der Waals surface area (Å²) >= 11 is 1.50. The van der Waals surface area contributed by atoms with Crippen LogP contribution in [0.25, 0.3) is 15.3 Å². The highest BCUT2D eigenvalue weighted by Crippen LogP contribution is 2.43. The number of carbonyl (C=O) groups excluding carboxylic acids is 1. The Bertz CT molecular complexity index is 1470. The van der Waals surface area contributed by atoms with Crippen LogP contribution < -0.4 is 19.5 Å². The lowest BCUT2D eigenvalue weighted by Crippen LogP contribution is -2.25. The number of methoxy groups -OCH3 is 1. The van der Waals surface area contributed by atoms with Crippen LogP contribution in [0.2, 0.25) is 0 Å². The molecule has 5 rings (SSSR count). The topological polar surface area (TPSA) is 87.5 Å². The summed E-state index contributed by atoms with van der Waals surface area (Å²) in [5.74, 6) is 4.73. The SMILES string of the molecule is C#CCOc1ccc(C2CC(=O)Nc3c2c(C)nn3-c2nc3ccc(OCC)cc3s2)cc1OC. The monoisotopic (exact) mass is 488 g/mol. The van der Waals surface area contributed by atoms with Crippen molar-refractivity contribution in [2.45, 2.75) is 26.2 Å². The summed E-state index contributed by atoms with van der Waals surface area (Å²) in [7, 11) is 1.58. The molecule has 0 aliphatic carbocycles. The van der Waals surface area contributed by atoms with E-state index in [2.05, 4.69) is 11.2 Å². The third kappa shape index (κ3) is 4.17. The van der Waals surface area contributed by atoms with Crippen LogP contribution in [0, 0.1) is 19.3 Å². The smallest absolute Gasteiger partial charge is 0.226 e. The largest absolute Gasteiger partial charge is 0.494 e.